The summed E-state index contributed by atoms with van der Waals surface area (Å²) in [6.07, 6.45) is 4.24. The van der Waals surface area contributed by atoms with Gasteiger partial charge in [-0.2, -0.15) is 5.26 Å². The lowest BCUT2D eigenvalue weighted by molar-refractivity contribution is -0.139. The predicted molar refractivity (Wildman–Crippen MR) is 64.4 cm³/mol. The Morgan fingerprint density at radius 3 is 2.89 bits per heavy atom. The molecule has 0 radical (unpaired) electrons. The molecule has 2 N–H and O–H groups in total. The number of carbonyl (C=O) groups is 2. The van der Waals surface area contributed by atoms with E-state index in [1.54, 1.807) is 6.07 Å². The second-order valence-electron chi connectivity index (χ2n) is 4.87. The van der Waals surface area contributed by atoms with E-state index in [1.165, 1.54) is 12.8 Å². The Morgan fingerprint density at radius 1 is 1.28 bits per heavy atom. The van der Waals surface area contributed by atoms with Crippen molar-refractivity contribution in [1.29, 1.82) is 5.26 Å². The van der Waals surface area contributed by atoms with Crippen molar-refractivity contribution >= 4 is 11.8 Å². The highest BCUT2D eigenvalue weighted by molar-refractivity contribution is 6.35. The molecule has 2 aliphatic heterocycles. The fraction of sp³-hybridized carbons (Fsp3) is 0.750. The molecule has 2 unspecified atom stereocenters. The maximum absolute atomic E-state index is 11.6. The minimum atomic E-state index is -0.717. The van der Waals surface area contributed by atoms with Gasteiger partial charge in [-0.3, -0.25) is 9.59 Å². The first kappa shape index (κ1) is 12.8. The first-order valence-corrected chi connectivity index (χ1v) is 6.40. The molecule has 6 heteroatoms. The second kappa shape index (κ2) is 5.83. The molecule has 2 heterocycles. The van der Waals surface area contributed by atoms with Crippen molar-refractivity contribution in [3.63, 3.8) is 0 Å². The summed E-state index contributed by atoms with van der Waals surface area (Å²) >= 11 is 0. The Bertz CT molecular complexity index is 377. The highest BCUT2D eigenvalue weighted by Crippen LogP contribution is 2.26. The van der Waals surface area contributed by atoms with Crippen molar-refractivity contribution < 1.29 is 9.59 Å². The molecule has 2 fully saturated rings. The van der Waals surface area contributed by atoms with Crippen molar-refractivity contribution in [3.8, 4) is 6.07 Å². The van der Waals surface area contributed by atoms with Gasteiger partial charge >= 0.3 is 11.8 Å². The van der Waals surface area contributed by atoms with Crippen LogP contribution >= 0.6 is 0 Å². The van der Waals surface area contributed by atoms with Crippen LogP contribution in [0.3, 0.4) is 0 Å². The highest BCUT2D eigenvalue weighted by atomic mass is 16.2. The summed E-state index contributed by atoms with van der Waals surface area (Å²) in [4.78, 5) is 25.3. The molecular formula is C12H18N4O2. The van der Waals surface area contributed by atoms with Gasteiger partial charge in [0.05, 0.1) is 6.07 Å². The van der Waals surface area contributed by atoms with E-state index in [0.29, 0.717) is 6.04 Å². The van der Waals surface area contributed by atoms with Crippen molar-refractivity contribution in [2.45, 2.75) is 37.8 Å². The molecule has 2 rings (SSSR count). The Hall–Kier alpha value is -1.61. The van der Waals surface area contributed by atoms with Gasteiger partial charge in [0.25, 0.3) is 0 Å². The number of hydrogen-bond donors (Lipinski definition) is 2. The molecule has 2 saturated heterocycles. The number of piperidine rings is 1. The Balaban J connectivity index is 1.78. The summed E-state index contributed by atoms with van der Waals surface area (Å²) in [5.74, 6) is -1.34. The minimum Gasteiger partial charge on any atom is -0.345 e. The van der Waals surface area contributed by atoms with Crippen molar-refractivity contribution in [1.82, 2.24) is 15.5 Å². The fourth-order valence-electron chi connectivity index (χ4n) is 2.81. The molecule has 6 nitrogen and oxygen atoms in total. The smallest absolute Gasteiger partial charge is 0.310 e. The third-order valence-electron chi connectivity index (χ3n) is 3.69. The van der Waals surface area contributed by atoms with Crippen LogP contribution in [0.25, 0.3) is 0 Å². The van der Waals surface area contributed by atoms with Gasteiger partial charge in [-0.05, 0) is 32.2 Å². The van der Waals surface area contributed by atoms with Crippen molar-refractivity contribution in [3.05, 3.63) is 0 Å². The average molecular weight is 250 g/mol. The number of nitriles is 1. The number of hydrogen-bond acceptors (Lipinski definition) is 4. The molecule has 2 aliphatic rings. The van der Waals surface area contributed by atoms with Crippen LogP contribution in [0, 0.1) is 11.3 Å². The molecule has 0 aromatic carbocycles. The summed E-state index contributed by atoms with van der Waals surface area (Å²) in [6, 6.07) is 2.42. The molecule has 2 atom stereocenters. The van der Waals surface area contributed by atoms with Gasteiger partial charge in [0.2, 0.25) is 0 Å². The van der Waals surface area contributed by atoms with E-state index in [1.807, 2.05) is 0 Å². The van der Waals surface area contributed by atoms with Crippen LogP contribution < -0.4 is 10.6 Å². The van der Waals surface area contributed by atoms with Gasteiger partial charge < -0.3 is 15.5 Å². The molecule has 0 spiro atoms. The normalized spacial score (nSPS) is 27.1. The first-order chi connectivity index (χ1) is 8.70. The summed E-state index contributed by atoms with van der Waals surface area (Å²) in [7, 11) is 0. The standard InChI is InChI=1S/C12H18N4O2/c13-4-5-14-11(17)12(18)15-9-3-7-16-6-1-2-10(16)8-9/h9-10H,1-3,5-8H2,(H,14,17)(H,15,18). The number of fused-ring (bicyclic) bond motifs is 1. The monoisotopic (exact) mass is 250 g/mol. The van der Waals surface area contributed by atoms with Crippen LogP contribution in [0.5, 0.6) is 0 Å². The molecule has 0 bridgehead atoms. The van der Waals surface area contributed by atoms with Gasteiger partial charge in [-0.25, -0.2) is 0 Å². The van der Waals surface area contributed by atoms with E-state index in [4.69, 9.17) is 5.26 Å². The van der Waals surface area contributed by atoms with E-state index >= 15 is 0 Å². The molecule has 98 valence electrons. The Morgan fingerprint density at radius 2 is 2.11 bits per heavy atom. The zero-order valence-electron chi connectivity index (χ0n) is 10.3. The molecule has 0 saturated carbocycles. The summed E-state index contributed by atoms with van der Waals surface area (Å²) in [6.45, 7) is 2.02. The number of nitrogens with one attached hydrogen (secondary N) is 2. The maximum Gasteiger partial charge on any atom is 0.310 e. The zero-order valence-corrected chi connectivity index (χ0v) is 10.3. The van der Waals surface area contributed by atoms with Crippen LogP contribution in [0.1, 0.15) is 25.7 Å². The van der Waals surface area contributed by atoms with Crippen LogP contribution in [0.15, 0.2) is 0 Å². The molecule has 0 aliphatic carbocycles. The van der Waals surface area contributed by atoms with Gasteiger partial charge in [0, 0.05) is 18.6 Å². The quantitative estimate of drug-likeness (QED) is 0.505. The SMILES string of the molecule is N#CCNC(=O)C(=O)NC1CCN2CCCC2C1. The van der Waals surface area contributed by atoms with Crippen LogP contribution in [-0.2, 0) is 9.59 Å². The zero-order chi connectivity index (χ0) is 13.0. The van der Waals surface area contributed by atoms with Crippen LogP contribution in [-0.4, -0.2) is 48.4 Å². The fourth-order valence-corrected chi connectivity index (χ4v) is 2.81. The molecule has 2 amide bonds. The molecule has 0 aromatic heterocycles. The van der Waals surface area contributed by atoms with E-state index in [2.05, 4.69) is 15.5 Å². The predicted octanol–water partition coefficient (Wildman–Crippen LogP) is -0.631. The van der Waals surface area contributed by atoms with E-state index in [0.717, 1.165) is 25.9 Å². The number of amides is 2. The van der Waals surface area contributed by atoms with E-state index < -0.39 is 11.8 Å². The lowest BCUT2D eigenvalue weighted by atomic mass is 9.97. The van der Waals surface area contributed by atoms with Gasteiger partial charge in [-0.1, -0.05) is 0 Å². The molecule has 18 heavy (non-hydrogen) atoms. The number of nitrogens with zero attached hydrogens (tertiary/aromatic N) is 2. The first-order valence-electron chi connectivity index (χ1n) is 6.40. The number of carbonyl (C=O) groups excluding carboxylic acids is 2. The van der Waals surface area contributed by atoms with Crippen LogP contribution in [0.4, 0.5) is 0 Å². The van der Waals surface area contributed by atoms with Crippen molar-refractivity contribution in [2.75, 3.05) is 19.6 Å². The lowest BCUT2D eigenvalue weighted by Gasteiger charge is -2.34. The van der Waals surface area contributed by atoms with Crippen LogP contribution in [0.2, 0.25) is 0 Å². The summed E-state index contributed by atoms with van der Waals surface area (Å²) < 4.78 is 0. The summed E-state index contributed by atoms with van der Waals surface area (Å²) in [5.41, 5.74) is 0. The van der Waals surface area contributed by atoms with E-state index in [-0.39, 0.29) is 12.6 Å². The minimum absolute atomic E-state index is 0.0877. The average Bonchev–Trinajstić information content (AvgIpc) is 2.83. The molecule has 0 aromatic rings. The second-order valence-corrected chi connectivity index (χ2v) is 4.87. The number of rotatable bonds is 2. The van der Waals surface area contributed by atoms with E-state index in [9.17, 15) is 9.59 Å². The van der Waals surface area contributed by atoms with Gasteiger partial charge in [0.15, 0.2) is 0 Å². The van der Waals surface area contributed by atoms with Gasteiger partial charge in [-0.15, -0.1) is 0 Å². The Labute approximate surface area is 106 Å². The topological polar surface area (TPSA) is 85.2 Å². The summed E-state index contributed by atoms with van der Waals surface area (Å²) in [5, 5.41) is 13.3. The Kier molecular flexibility index (Phi) is 4.15. The lowest BCUT2D eigenvalue weighted by Crippen LogP contribution is -2.50. The molecular weight excluding hydrogens is 232 g/mol. The third kappa shape index (κ3) is 2.99. The maximum atomic E-state index is 11.6. The third-order valence-corrected chi connectivity index (χ3v) is 3.69. The highest BCUT2D eigenvalue weighted by Gasteiger charge is 2.32. The largest absolute Gasteiger partial charge is 0.345 e. The van der Waals surface area contributed by atoms with Crippen molar-refractivity contribution in [2.24, 2.45) is 0 Å². The van der Waals surface area contributed by atoms with Gasteiger partial charge in [0.1, 0.15) is 6.54 Å².